The van der Waals surface area contributed by atoms with Crippen LogP contribution < -0.4 is 5.32 Å². The normalized spacial score (nSPS) is 10.6. The fourth-order valence-corrected chi connectivity index (χ4v) is 2.10. The Kier molecular flexibility index (Phi) is 3.63. The maximum atomic E-state index is 11.1. The molecule has 1 aromatic heterocycles. The van der Waals surface area contributed by atoms with E-state index in [9.17, 15) is 14.7 Å². The third-order valence-corrected chi connectivity index (χ3v) is 3.23. The number of carbonyl (C=O) groups is 2. The Morgan fingerprint density at radius 2 is 1.70 bits per heavy atom. The lowest BCUT2D eigenvalue weighted by atomic mass is 10.1. The van der Waals surface area contributed by atoms with Crippen molar-refractivity contribution in [1.29, 1.82) is 0 Å². The van der Waals surface area contributed by atoms with Crippen molar-refractivity contribution in [2.24, 2.45) is 0 Å². The Bertz CT molecular complexity index is 870. The molecule has 0 saturated carbocycles. The van der Waals surface area contributed by atoms with Gasteiger partial charge in [-0.3, -0.25) is 4.79 Å². The molecule has 3 rings (SSSR count). The van der Waals surface area contributed by atoms with E-state index in [1.807, 2.05) is 12.1 Å². The summed E-state index contributed by atoms with van der Waals surface area (Å²) in [6, 6.07) is 12.1. The van der Waals surface area contributed by atoms with Crippen molar-refractivity contribution in [3.05, 3.63) is 48.0 Å². The molecule has 1 amide bonds. The van der Waals surface area contributed by atoms with E-state index in [-0.39, 0.29) is 12.3 Å². The summed E-state index contributed by atoms with van der Waals surface area (Å²) in [5, 5.41) is 29.6. The number of carbonyl (C=O) groups excluding carboxylic acids is 1. The number of para-hydroxylation sites is 1. The minimum Gasteiger partial charge on any atom is -0.505 e. The van der Waals surface area contributed by atoms with E-state index in [4.69, 9.17) is 5.11 Å². The zero-order valence-electron chi connectivity index (χ0n) is 11.8. The number of rotatable bonds is 3. The molecule has 1 heterocycles. The lowest BCUT2D eigenvalue weighted by Crippen LogP contribution is -2.30. The van der Waals surface area contributed by atoms with Gasteiger partial charge in [-0.05, 0) is 18.2 Å². The van der Waals surface area contributed by atoms with Crippen molar-refractivity contribution in [3.8, 4) is 11.4 Å². The van der Waals surface area contributed by atoms with Gasteiger partial charge in [0.15, 0.2) is 0 Å². The van der Waals surface area contributed by atoms with Gasteiger partial charge < -0.3 is 15.5 Å². The van der Waals surface area contributed by atoms with E-state index in [1.54, 1.807) is 30.3 Å². The predicted octanol–water partition coefficient (Wildman–Crippen LogP) is 0.827. The molecular weight excluding hydrogens is 300 g/mol. The van der Waals surface area contributed by atoms with Gasteiger partial charge in [-0.15, -0.1) is 15.0 Å². The van der Waals surface area contributed by atoms with Crippen LogP contribution in [0.25, 0.3) is 16.7 Å². The first-order valence-electron chi connectivity index (χ1n) is 6.70. The molecule has 0 bridgehead atoms. The first kappa shape index (κ1) is 14.5. The number of carboxylic acid groups (broad SMARTS) is 1. The number of benzene rings is 2. The van der Waals surface area contributed by atoms with Gasteiger partial charge >= 0.3 is 11.9 Å². The van der Waals surface area contributed by atoms with Crippen LogP contribution in [0.1, 0.15) is 5.56 Å². The fourth-order valence-electron chi connectivity index (χ4n) is 2.10. The van der Waals surface area contributed by atoms with Crippen LogP contribution in [0.15, 0.2) is 42.5 Å². The first-order valence-corrected chi connectivity index (χ1v) is 6.70. The van der Waals surface area contributed by atoms with E-state index >= 15 is 0 Å². The van der Waals surface area contributed by atoms with Crippen molar-refractivity contribution in [3.63, 3.8) is 0 Å². The number of nitrogens with zero attached hydrogens (tertiary/aromatic N) is 3. The fraction of sp³-hybridized carbons (Fsp3) is 0.0667. The summed E-state index contributed by atoms with van der Waals surface area (Å²) >= 11 is 0. The van der Waals surface area contributed by atoms with Crippen LogP contribution in [0.3, 0.4) is 0 Å². The number of phenols is 1. The first-order chi connectivity index (χ1) is 11.1. The van der Waals surface area contributed by atoms with Gasteiger partial charge in [0, 0.05) is 12.1 Å². The minimum atomic E-state index is -1.58. The van der Waals surface area contributed by atoms with Gasteiger partial charge in [-0.25, -0.2) is 4.79 Å². The van der Waals surface area contributed by atoms with Crippen molar-refractivity contribution >= 4 is 22.9 Å². The molecule has 0 aliphatic carbocycles. The van der Waals surface area contributed by atoms with Gasteiger partial charge in [0.25, 0.3) is 0 Å². The Labute approximate surface area is 130 Å². The van der Waals surface area contributed by atoms with E-state index in [0.717, 1.165) is 0 Å². The van der Waals surface area contributed by atoms with Gasteiger partial charge in [-0.2, -0.15) is 0 Å². The van der Waals surface area contributed by atoms with Gasteiger partial charge in [0.1, 0.15) is 22.5 Å². The topological polar surface area (TPSA) is 117 Å². The second kappa shape index (κ2) is 5.76. The molecule has 0 spiro atoms. The van der Waals surface area contributed by atoms with Gasteiger partial charge in [-0.1, -0.05) is 24.3 Å². The highest BCUT2D eigenvalue weighted by Crippen LogP contribution is 2.25. The van der Waals surface area contributed by atoms with Crippen LogP contribution in [0, 0.1) is 0 Å². The minimum absolute atomic E-state index is 0.119. The Morgan fingerprint density at radius 1 is 1.04 bits per heavy atom. The molecule has 23 heavy (non-hydrogen) atoms. The van der Waals surface area contributed by atoms with Crippen LogP contribution in [0.5, 0.6) is 5.75 Å². The summed E-state index contributed by atoms with van der Waals surface area (Å²) in [5.74, 6) is -2.85. The van der Waals surface area contributed by atoms with Crippen LogP contribution in [0.4, 0.5) is 0 Å². The van der Waals surface area contributed by atoms with E-state index < -0.39 is 11.9 Å². The van der Waals surface area contributed by atoms with Crippen LogP contribution >= 0.6 is 0 Å². The second-order valence-corrected chi connectivity index (χ2v) is 4.75. The molecule has 0 saturated heterocycles. The van der Waals surface area contributed by atoms with Gasteiger partial charge in [0.2, 0.25) is 0 Å². The van der Waals surface area contributed by atoms with Crippen molar-refractivity contribution in [1.82, 2.24) is 20.3 Å². The van der Waals surface area contributed by atoms with E-state index in [0.29, 0.717) is 22.3 Å². The SMILES string of the molecule is O=C(O)C(=O)NCc1cccc(-n2nc3ccccc3n2)c1O. The highest BCUT2D eigenvalue weighted by atomic mass is 16.4. The smallest absolute Gasteiger partial charge is 0.394 e. The number of fused-ring (bicyclic) bond motifs is 1. The standard InChI is InChI=1S/C15H12N4O4/c20-13-9(8-16-14(21)15(22)23)4-3-7-12(13)19-17-10-5-1-2-6-11(10)18-19/h1-7,20H,8H2,(H,16,21)(H,22,23). The highest BCUT2D eigenvalue weighted by molar-refractivity contribution is 6.31. The summed E-state index contributed by atoms with van der Waals surface area (Å²) in [6.07, 6.45) is 0. The summed E-state index contributed by atoms with van der Waals surface area (Å²) in [7, 11) is 0. The number of hydrogen-bond acceptors (Lipinski definition) is 5. The number of aromatic nitrogens is 3. The summed E-state index contributed by atoms with van der Waals surface area (Å²) in [5.41, 5.74) is 2.05. The molecule has 8 heteroatoms. The Morgan fingerprint density at radius 3 is 2.30 bits per heavy atom. The summed E-state index contributed by atoms with van der Waals surface area (Å²) < 4.78 is 0. The van der Waals surface area contributed by atoms with Crippen LogP contribution in [-0.4, -0.2) is 37.1 Å². The number of aliphatic carboxylic acids is 1. The number of amides is 1. The maximum Gasteiger partial charge on any atom is 0.394 e. The molecular formula is C15H12N4O4. The Balaban J connectivity index is 1.93. The third kappa shape index (κ3) is 2.82. The monoisotopic (exact) mass is 312 g/mol. The number of aromatic hydroxyl groups is 1. The van der Waals surface area contributed by atoms with Crippen LogP contribution in [0.2, 0.25) is 0 Å². The zero-order chi connectivity index (χ0) is 16.4. The molecule has 2 aromatic carbocycles. The van der Waals surface area contributed by atoms with E-state index in [2.05, 4.69) is 15.5 Å². The number of carboxylic acids is 1. The quantitative estimate of drug-likeness (QED) is 0.617. The molecule has 0 aliphatic heterocycles. The van der Waals surface area contributed by atoms with Gasteiger partial charge in [0.05, 0.1) is 0 Å². The lowest BCUT2D eigenvalue weighted by Gasteiger charge is -2.09. The molecule has 3 aromatic rings. The Hall–Kier alpha value is -3.42. The van der Waals surface area contributed by atoms with Crippen molar-refractivity contribution < 1.29 is 19.8 Å². The largest absolute Gasteiger partial charge is 0.505 e. The molecule has 3 N–H and O–H groups in total. The average molecular weight is 312 g/mol. The summed E-state index contributed by atoms with van der Waals surface area (Å²) in [6.45, 7) is -0.119. The lowest BCUT2D eigenvalue weighted by molar-refractivity contribution is -0.150. The number of phenolic OH excluding ortho intramolecular Hbond substituents is 1. The van der Waals surface area contributed by atoms with E-state index in [1.165, 1.54) is 4.80 Å². The molecule has 0 fully saturated rings. The number of hydrogen-bond donors (Lipinski definition) is 3. The van der Waals surface area contributed by atoms with Crippen molar-refractivity contribution in [2.75, 3.05) is 0 Å². The summed E-state index contributed by atoms with van der Waals surface area (Å²) in [4.78, 5) is 22.9. The second-order valence-electron chi connectivity index (χ2n) is 4.75. The number of nitrogens with one attached hydrogen (secondary N) is 1. The van der Waals surface area contributed by atoms with Crippen LogP contribution in [-0.2, 0) is 16.1 Å². The predicted molar refractivity (Wildman–Crippen MR) is 80.0 cm³/mol. The molecule has 116 valence electrons. The zero-order valence-corrected chi connectivity index (χ0v) is 11.8. The third-order valence-electron chi connectivity index (χ3n) is 3.23. The molecule has 0 radical (unpaired) electrons. The average Bonchev–Trinajstić information content (AvgIpc) is 2.97. The van der Waals surface area contributed by atoms with Crippen molar-refractivity contribution in [2.45, 2.75) is 6.54 Å². The molecule has 8 nitrogen and oxygen atoms in total. The maximum absolute atomic E-state index is 11.1. The molecule has 0 unspecified atom stereocenters. The molecule has 0 atom stereocenters. The highest BCUT2D eigenvalue weighted by Gasteiger charge is 2.14. The molecule has 0 aliphatic rings.